The van der Waals surface area contributed by atoms with Crippen molar-refractivity contribution in [3.63, 3.8) is 0 Å². The van der Waals surface area contributed by atoms with E-state index in [0.717, 1.165) is 6.33 Å². The second-order valence-electron chi connectivity index (χ2n) is 8.72. The molecule has 0 saturated heterocycles. The molecule has 1 aliphatic heterocycles. The fourth-order valence-electron chi connectivity index (χ4n) is 4.08. The number of tetrazole rings is 1. The molecule has 0 aliphatic carbocycles. The highest BCUT2D eigenvalue weighted by Gasteiger charge is 2.36. The van der Waals surface area contributed by atoms with Crippen molar-refractivity contribution >= 4 is 21.7 Å². The molecule has 2 N–H and O–H groups in total. The number of benzene rings is 2. The maximum atomic E-state index is 13.5. The summed E-state index contributed by atoms with van der Waals surface area (Å²) in [5.74, 6) is -1.61. The molecule has 1 atom stereocenters. The highest BCUT2D eigenvalue weighted by atomic mass is 32.2. The van der Waals surface area contributed by atoms with Crippen molar-refractivity contribution in [3.05, 3.63) is 82.7 Å². The van der Waals surface area contributed by atoms with Crippen LogP contribution in [0.5, 0.6) is 0 Å². The Bertz CT molecular complexity index is 1690. The lowest BCUT2D eigenvalue weighted by Gasteiger charge is -2.13. The standard InChI is InChI=1S/C24H21FN8O4S/c1-13-7-14(3-6-17(13)25)10-26-23(34)18-9-19(28-12-27-18)24(35)29-20-11-38(36,37)21-8-15(4-5-16(20)21)22-30-32-33(2)31-22/h3-9,12,20H,10-11H2,1-2H3,(H,26,34)(H,29,35)/t20-/m0/s1. The normalized spacial score (nSPS) is 15.6. The summed E-state index contributed by atoms with van der Waals surface area (Å²) in [5, 5.41) is 17.1. The van der Waals surface area contributed by atoms with Gasteiger partial charge >= 0.3 is 0 Å². The van der Waals surface area contributed by atoms with E-state index in [1.165, 1.54) is 23.0 Å². The second-order valence-corrected chi connectivity index (χ2v) is 10.7. The van der Waals surface area contributed by atoms with Gasteiger partial charge in [0.05, 0.1) is 23.7 Å². The highest BCUT2D eigenvalue weighted by molar-refractivity contribution is 7.91. The number of rotatable bonds is 6. The average molecular weight is 537 g/mol. The van der Waals surface area contributed by atoms with E-state index in [9.17, 15) is 22.4 Å². The molecule has 0 spiro atoms. The molecule has 0 fully saturated rings. The summed E-state index contributed by atoms with van der Waals surface area (Å²) in [6.07, 6.45) is 1.07. The smallest absolute Gasteiger partial charge is 0.270 e. The molecule has 5 rings (SSSR count). The third-order valence-electron chi connectivity index (χ3n) is 5.99. The number of carbonyl (C=O) groups excluding carboxylic acids is 2. The fourth-order valence-corrected chi connectivity index (χ4v) is 5.83. The lowest BCUT2D eigenvalue weighted by atomic mass is 10.1. The SMILES string of the molecule is Cc1cc(CNC(=O)c2cc(C(=O)N[C@H]3CS(=O)(=O)c4cc(-c5nnn(C)n5)ccc43)ncn2)ccc1F. The van der Waals surface area contributed by atoms with Crippen molar-refractivity contribution in [1.82, 2.24) is 40.8 Å². The monoisotopic (exact) mass is 536 g/mol. The van der Waals surface area contributed by atoms with Crippen molar-refractivity contribution < 1.29 is 22.4 Å². The molecule has 12 nitrogen and oxygen atoms in total. The Morgan fingerprint density at radius 3 is 2.55 bits per heavy atom. The quantitative estimate of drug-likeness (QED) is 0.370. The van der Waals surface area contributed by atoms with E-state index in [1.54, 1.807) is 38.2 Å². The summed E-state index contributed by atoms with van der Waals surface area (Å²) >= 11 is 0. The lowest BCUT2D eigenvalue weighted by molar-refractivity contribution is 0.0935. The zero-order valence-electron chi connectivity index (χ0n) is 20.2. The number of amides is 2. The van der Waals surface area contributed by atoms with Gasteiger partial charge in [0.1, 0.15) is 23.5 Å². The minimum Gasteiger partial charge on any atom is -0.347 e. The van der Waals surface area contributed by atoms with Crippen molar-refractivity contribution in [2.75, 3.05) is 5.75 Å². The van der Waals surface area contributed by atoms with Crippen LogP contribution in [0, 0.1) is 12.7 Å². The number of aromatic nitrogens is 6. The minimum absolute atomic E-state index is 0.0514. The summed E-state index contributed by atoms with van der Waals surface area (Å²) in [4.78, 5) is 34.7. The van der Waals surface area contributed by atoms with Gasteiger partial charge in [-0.05, 0) is 41.0 Å². The van der Waals surface area contributed by atoms with E-state index >= 15 is 0 Å². The molecule has 0 saturated carbocycles. The van der Waals surface area contributed by atoms with Gasteiger partial charge < -0.3 is 10.6 Å². The van der Waals surface area contributed by atoms with Crippen molar-refractivity contribution in [1.29, 1.82) is 0 Å². The highest BCUT2D eigenvalue weighted by Crippen LogP contribution is 2.35. The number of halogens is 1. The summed E-state index contributed by atoms with van der Waals surface area (Å²) in [6, 6.07) is 9.62. The van der Waals surface area contributed by atoms with Gasteiger partial charge in [-0.1, -0.05) is 24.3 Å². The van der Waals surface area contributed by atoms with Crippen LogP contribution in [-0.2, 0) is 23.4 Å². The number of sulfone groups is 1. The second kappa shape index (κ2) is 9.70. The lowest BCUT2D eigenvalue weighted by Crippen LogP contribution is -2.31. The van der Waals surface area contributed by atoms with Gasteiger partial charge in [-0.3, -0.25) is 9.59 Å². The van der Waals surface area contributed by atoms with E-state index < -0.39 is 27.7 Å². The molecule has 2 aromatic carbocycles. The molecular weight excluding hydrogens is 515 g/mol. The van der Waals surface area contributed by atoms with E-state index in [0.29, 0.717) is 22.3 Å². The molecule has 194 valence electrons. The summed E-state index contributed by atoms with van der Waals surface area (Å²) in [6.45, 7) is 1.76. The Morgan fingerprint density at radius 2 is 1.84 bits per heavy atom. The number of carbonyl (C=O) groups is 2. The maximum Gasteiger partial charge on any atom is 0.270 e. The average Bonchev–Trinajstić information content (AvgIpc) is 3.44. The van der Waals surface area contributed by atoms with Gasteiger partial charge in [-0.2, -0.15) is 4.80 Å². The first kappa shape index (κ1) is 25.1. The Morgan fingerprint density at radius 1 is 1.08 bits per heavy atom. The van der Waals surface area contributed by atoms with Crippen LogP contribution in [0.25, 0.3) is 11.4 Å². The summed E-state index contributed by atoms with van der Waals surface area (Å²) < 4.78 is 39.1. The first-order valence-corrected chi connectivity index (χ1v) is 13.0. The Kier molecular flexibility index (Phi) is 6.40. The van der Waals surface area contributed by atoms with Gasteiger partial charge in [0.15, 0.2) is 9.84 Å². The Hall–Kier alpha value is -4.59. The maximum absolute atomic E-state index is 13.5. The zero-order chi connectivity index (χ0) is 27.0. The van der Waals surface area contributed by atoms with Crippen LogP contribution in [0.1, 0.15) is 43.7 Å². The van der Waals surface area contributed by atoms with E-state index in [-0.39, 0.29) is 40.2 Å². The minimum atomic E-state index is -3.69. The number of fused-ring (bicyclic) bond motifs is 1. The van der Waals surface area contributed by atoms with Crippen LogP contribution in [0.4, 0.5) is 4.39 Å². The summed E-state index contributed by atoms with van der Waals surface area (Å²) in [5.41, 5.74) is 1.90. The molecule has 3 heterocycles. The predicted molar refractivity (Wildman–Crippen MR) is 131 cm³/mol. The first-order chi connectivity index (χ1) is 18.1. The molecular formula is C24H21FN8O4S. The topological polar surface area (TPSA) is 162 Å². The number of nitrogens with one attached hydrogen (secondary N) is 2. The number of hydrogen-bond donors (Lipinski definition) is 2. The van der Waals surface area contributed by atoms with E-state index in [4.69, 9.17) is 0 Å². The van der Waals surface area contributed by atoms with Gasteiger partial charge in [0.2, 0.25) is 5.82 Å². The van der Waals surface area contributed by atoms with Crippen LogP contribution in [-0.4, -0.2) is 56.2 Å². The fraction of sp³-hybridized carbons (Fsp3) is 0.208. The van der Waals surface area contributed by atoms with Gasteiger partial charge in [-0.25, -0.2) is 22.8 Å². The Balaban J connectivity index is 1.30. The summed E-state index contributed by atoms with van der Waals surface area (Å²) in [7, 11) is -2.09. The molecule has 4 aromatic rings. The third-order valence-corrected chi connectivity index (χ3v) is 7.79. The van der Waals surface area contributed by atoms with Crippen LogP contribution in [0.3, 0.4) is 0 Å². The molecule has 38 heavy (non-hydrogen) atoms. The number of nitrogens with zero attached hydrogens (tertiary/aromatic N) is 6. The predicted octanol–water partition coefficient (Wildman–Crippen LogP) is 1.30. The van der Waals surface area contributed by atoms with E-state index in [2.05, 4.69) is 36.0 Å². The largest absolute Gasteiger partial charge is 0.347 e. The van der Waals surface area contributed by atoms with Crippen molar-refractivity contribution in [2.45, 2.75) is 24.4 Å². The zero-order valence-corrected chi connectivity index (χ0v) is 21.0. The molecule has 0 bridgehead atoms. The molecule has 14 heteroatoms. The molecule has 2 amide bonds. The van der Waals surface area contributed by atoms with Crippen molar-refractivity contribution in [3.8, 4) is 11.4 Å². The van der Waals surface area contributed by atoms with Crippen LogP contribution in [0.15, 0.2) is 53.7 Å². The Labute approximate surface area is 216 Å². The number of aryl methyl sites for hydroxylation is 2. The molecule has 0 radical (unpaired) electrons. The van der Waals surface area contributed by atoms with Crippen LogP contribution < -0.4 is 10.6 Å². The van der Waals surface area contributed by atoms with Crippen LogP contribution in [0.2, 0.25) is 0 Å². The van der Waals surface area contributed by atoms with Gasteiger partial charge in [0, 0.05) is 18.2 Å². The van der Waals surface area contributed by atoms with Gasteiger partial charge in [-0.15, -0.1) is 10.2 Å². The molecule has 1 aliphatic rings. The molecule has 0 unspecified atom stereocenters. The molecule has 2 aromatic heterocycles. The number of hydrogen-bond acceptors (Lipinski definition) is 9. The third kappa shape index (κ3) is 4.98. The van der Waals surface area contributed by atoms with E-state index in [1.807, 2.05) is 0 Å². The first-order valence-electron chi connectivity index (χ1n) is 11.4. The van der Waals surface area contributed by atoms with Gasteiger partial charge in [0.25, 0.3) is 11.8 Å². The van der Waals surface area contributed by atoms with Crippen LogP contribution >= 0.6 is 0 Å². The van der Waals surface area contributed by atoms with Crippen molar-refractivity contribution in [2.24, 2.45) is 7.05 Å².